The molecule has 1 aliphatic rings. The Balaban J connectivity index is 1.29. The first-order valence-electron chi connectivity index (χ1n) is 14.1. The number of nitrogens with one attached hydrogen (secondary N) is 1. The number of methoxy groups -OCH3 is 1. The minimum absolute atomic E-state index is 0.0502. The van der Waals surface area contributed by atoms with E-state index in [0.29, 0.717) is 45.6 Å². The minimum atomic E-state index is -0.477. The number of benzene rings is 4. The van der Waals surface area contributed by atoms with Crippen LogP contribution in [-0.2, 0) is 17.8 Å². The molecule has 0 radical (unpaired) electrons. The van der Waals surface area contributed by atoms with Gasteiger partial charge in [0.05, 0.1) is 27.6 Å². The smallest absolute Gasteiger partial charge is 0.269 e. The van der Waals surface area contributed by atoms with Crippen molar-refractivity contribution in [2.75, 3.05) is 13.7 Å². The number of nitrogens with zero attached hydrogens (tertiary/aromatic N) is 3. The molecule has 5 aromatic rings. The van der Waals surface area contributed by atoms with Gasteiger partial charge in [0.1, 0.15) is 12.4 Å². The van der Waals surface area contributed by atoms with Gasteiger partial charge in [0.15, 0.2) is 16.7 Å². The van der Waals surface area contributed by atoms with Crippen molar-refractivity contribution >= 4 is 62.8 Å². The van der Waals surface area contributed by atoms with Crippen LogP contribution in [0.15, 0.2) is 101 Å². The summed E-state index contributed by atoms with van der Waals surface area (Å²) in [5.41, 5.74) is 3.44. The molecule has 46 heavy (non-hydrogen) atoms. The molecule has 0 saturated carbocycles. The van der Waals surface area contributed by atoms with Gasteiger partial charge in [-0.05, 0) is 71.8 Å². The first-order chi connectivity index (χ1) is 22.3. The molecule has 1 N–H and O–H groups in total. The number of hydrogen-bond acceptors (Lipinski definition) is 7. The number of amidine groups is 1. The van der Waals surface area contributed by atoms with Crippen LogP contribution in [0.2, 0.25) is 5.02 Å². The fourth-order valence-corrected chi connectivity index (χ4v) is 6.30. The van der Waals surface area contributed by atoms with E-state index in [9.17, 15) is 19.3 Å². The number of ether oxygens (including phenoxy) is 2. The first-order valence-corrected chi connectivity index (χ1v) is 15.3. The number of hydrogen-bond donors (Lipinski definition) is 1. The van der Waals surface area contributed by atoms with Crippen molar-refractivity contribution in [1.29, 1.82) is 0 Å². The predicted octanol–water partition coefficient (Wildman–Crippen LogP) is 8.30. The van der Waals surface area contributed by atoms with E-state index >= 15 is 0 Å². The normalized spacial score (nSPS) is 14.8. The molecule has 2 heterocycles. The van der Waals surface area contributed by atoms with E-state index in [1.807, 2.05) is 30.5 Å². The second kappa shape index (κ2) is 13.5. The summed E-state index contributed by atoms with van der Waals surface area (Å²) in [6.45, 7) is 0.301. The molecule has 1 amide bonds. The molecule has 4 aromatic carbocycles. The van der Waals surface area contributed by atoms with Crippen molar-refractivity contribution < 1.29 is 23.6 Å². The van der Waals surface area contributed by atoms with Gasteiger partial charge in [-0.25, -0.2) is 9.38 Å². The number of fused-ring (bicyclic) bond motifs is 1. The van der Waals surface area contributed by atoms with E-state index in [4.69, 9.17) is 21.1 Å². The minimum Gasteiger partial charge on any atom is -0.493 e. The number of thioether (sulfide) groups is 1. The fraction of sp³-hybridized carbons (Fsp3) is 0.118. The van der Waals surface area contributed by atoms with E-state index in [1.165, 1.54) is 37.1 Å². The van der Waals surface area contributed by atoms with Crippen LogP contribution in [0.1, 0.15) is 16.7 Å². The highest BCUT2D eigenvalue weighted by atomic mass is 35.5. The third-order valence-corrected chi connectivity index (χ3v) is 8.62. The maximum Gasteiger partial charge on any atom is 0.269 e. The number of rotatable bonds is 10. The molecule has 232 valence electrons. The number of aliphatic imine (C=N–C) groups is 1. The number of non-ortho nitro benzene ring substituents is 1. The standard InChI is InChI=1S/C34H26ClFN4O5S/c1-44-30-17-21(16-27(35)32(30)45-20-23-6-2-4-8-28(23)36)18-31-33(41)39(15-14-22-19-37-29-9-5-3-7-26(22)29)34(46-31)38-24-10-12-25(13-11-24)40(42)43/h2-13,16-19,37H,14-15,20H2,1H3/b31-18-,38-34?. The molecule has 0 spiro atoms. The van der Waals surface area contributed by atoms with Gasteiger partial charge in [0, 0.05) is 41.3 Å². The summed E-state index contributed by atoms with van der Waals surface area (Å²) in [6.07, 6.45) is 4.20. The lowest BCUT2D eigenvalue weighted by atomic mass is 10.1. The summed E-state index contributed by atoms with van der Waals surface area (Å²) in [7, 11) is 1.47. The van der Waals surface area contributed by atoms with E-state index in [2.05, 4.69) is 9.98 Å². The molecule has 0 bridgehead atoms. The second-order valence-corrected chi connectivity index (χ2v) is 11.7. The molecular formula is C34H26ClFN4O5S. The third kappa shape index (κ3) is 6.60. The van der Waals surface area contributed by atoms with Crippen molar-refractivity contribution in [3.05, 3.63) is 134 Å². The van der Waals surface area contributed by atoms with Crippen molar-refractivity contribution in [2.24, 2.45) is 4.99 Å². The SMILES string of the molecule is COc1cc(/C=C2\SC(=Nc3ccc([N+](=O)[O-])cc3)N(CCc3c[nH]c4ccccc34)C2=O)cc(Cl)c1OCc1ccccc1F. The van der Waals surface area contributed by atoms with E-state index < -0.39 is 10.7 Å². The largest absolute Gasteiger partial charge is 0.493 e. The molecule has 0 atom stereocenters. The molecule has 9 nitrogen and oxygen atoms in total. The fourth-order valence-electron chi connectivity index (χ4n) is 5.00. The first kappa shape index (κ1) is 30.9. The van der Waals surface area contributed by atoms with Gasteiger partial charge >= 0.3 is 0 Å². The Morgan fingerprint density at radius 1 is 1.07 bits per heavy atom. The number of H-pyrrole nitrogens is 1. The summed E-state index contributed by atoms with van der Waals surface area (Å²) in [6, 6.07) is 23.4. The average molecular weight is 657 g/mol. The van der Waals surface area contributed by atoms with Crippen molar-refractivity contribution in [2.45, 2.75) is 13.0 Å². The Labute approximate surface area is 272 Å². The molecule has 1 fully saturated rings. The number of amides is 1. The monoisotopic (exact) mass is 656 g/mol. The second-order valence-electron chi connectivity index (χ2n) is 10.3. The van der Waals surface area contributed by atoms with E-state index in [1.54, 1.807) is 53.4 Å². The zero-order chi connectivity index (χ0) is 32.2. The van der Waals surface area contributed by atoms with Crippen LogP contribution >= 0.6 is 23.4 Å². The maximum atomic E-state index is 14.1. The number of nitro groups is 1. The van der Waals surface area contributed by atoms with Crippen LogP contribution in [0.25, 0.3) is 17.0 Å². The van der Waals surface area contributed by atoms with E-state index in [-0.39, 0.29) is 29.0 Å². The summed E-state index contributed by atoms with van der Waals surface area (Å²) < 4.78 is 25.5. The van der Waals surface area contributed by atoms with Crippen LogP contribution in [0, 0.1) is 15.9 Å². The van der Waals surface area contributed by atoms with Gasteiger partial charge in [0.25, 0.3) is 11.6 Å². The van der Waals surface area contributed by atoms with Gasteiger partial charge < -0.3 is 14.5 Å². The number of aromatic amines is 1. The highest BCUT2D eigenvalue weighted by molar-refractivity contribution is 8.18. The summed E-state index contributed by atoms with van der Waals surface area (Å²) >= 11 is 7.78. The Morgan fingerprint density at radius 2 is 1.83 bits per heavy atom. The molecular weight excluding hydrogens is 631 g/mol. The topological polar surface area (TPSA) is 110 Å². The van der Waals surface area contributed by atoms with Crippen molar-refractivity contribution in [1.82, 2.24) is 9.88 Å². The van der Waals surface area contributed by atoms with Crippen LogP contribution in [0.3, 0.4) is 0 Å². The zero-order valence-electron chi connectivity index (χ0n) is 24.4. The maximum absolute atomic E-state index is 14.1. The molecule has 1 aliphatic heterocycles. The summed E-state index contributed by atoms with van der Waals surface area (Å²) in [5.74, 6) is -0.0699. The molecule has 0 aliphatic carbocycles. The predicted molar refractivity (Wildman–Crippen MR) is 178 cm³/mol. The highest BCUT2D eigenvalue weighted by Crippen LogP contribution is 2.40. The molecule has 6 rings (SSSR count). The van der Waals surface area contributed by atoms with Crippen LogP contribution < -0.4 is 9.47 Å². The van der Waals surface area contributed by atoms with Gasteiger partial charge in [-0.3, -0.25) is 19.8 Å². The Bertz CT molecular complexity index is 2010. The number of halogens is 2. The van der Waals surface area contributed by atoms with Crippen LogP contribution in [0.5, 0.6) is 11.5 Å². The average Bonchev–Trinajstić information content (AvgIpc) is 3.59. The molecule has 12 heteroatoms. The van der Waals surface area contributed by atoms with Gasteiger partial charge in [-0.15, -0.1) is 0 Å². The van der Waals surface area contributed by atoms with Crippen LogP contribution in [0.4, 0.5) is 15.8 Å². The van der Waals surface area contributed by atoms with Gasteiger partial charge in [0.2, 0.25) is 0 Å². The number of carbonyl (C=O) groups excluding carboxylic acids is 1. The Hall–Kier alpha value is -5.13. The van der Waals surface area contributed by atoms with Gasteiger partial charge in [-0.2, -0.15) is 0 Å². The Morgan fingerprint density at radius 3 is 2.59 bits per heavy atom. The number of para-hydroxylation sites is 1. The number of aromatic nitrogens is 1. The van der Waals surface area contributed by atoms with E-state index in [0.717, 1.165) is 16.5 Å². The lowest BCUT2D eigenvalue weighted by molar-refractivity contribution is -0.384. The van der Waals surface area contributed by atoms with Crippen molar-refractivity contribution in [3.8, 4) is 11.5 Å². The summed E-state index contributed by atoms with van der Waals surface area (Å²) in [5, 5.41) is 12.9. The van der Waals surface area contributed by atoms with Gasteiger partial charge in [-0.1, -0.05) is 48.0 Å². The lowest BCUT2D eigenvalue weighted by Gasteiger charge is -2.15. The molecule has 1 aromatic heterocycles. The lowest BCUT2D eigenvalue weighted by Crippen LogP contribution is -2.31. The molecule has 0 unspecified atom stereocenters. The highest BCUT2D eigenvalue weighted by Gasteiger charge is 2.33. The van der Waals surface area contributed by atoms with Crippen molar-refractivity contribution in [3.63, 3.8) is 0 Å². The number of nitro benzene ring substituents is 1. The number of carbonyl (C=O) groups is 1. The molecule has 1 saturated heterocycles. The van der Waals surface area contributed by atoms with Crippen LogP contribution in [-0.4, -0.2) is 39.5 Å². The zero-order valence-corrected chi connectivity index (χ0v) is 26.0. The third-order valence-electron chi connectivity index (χ3n) is 7.33. The quantitative estimate of drug-likeness (QED) is 0.0920. The summed E-state index contributed by atoms with van der Waals surface area (Å²) in [4.78, 5) is 34.4. The Kier molecular flexibility index (Phi) is 9.04.